The Morgan fingerprint density at radius 2 is 1.77 bits per heavy atom. The summed E-state index contributed by atoms with van der Waals surface area (Å²) in [6, 6.07) is 19.8. The van der Waals surface area contributed by atoms with Crippen molar-refractivity contribution in [3.8, 4) is 17.0 Å². The van der Waals surface area contributed by atoms with E-state index in [-0.39, 0.29) is 24.4 Å². The molecule has 3 aromatic rings. The van der Waals surface area contributed by atoms with E-state index in [0.717, 1.165) is 22.6 Å². The molecule has 1 N–H and O–H groups in total. The number of fused-ring (bicyclic) bond motifs is 1. The minimum absolute atomic E-state index is 0.0264. The lowest BCUT2D eigenvalue weighted by Gasteiger charge is -2.18. The largest absolute Gasteiger partial charge is 0.497 e. The first-order valence-electron chi connectivity index (χ1n) is 10.4. The quantitative estimate of drug-likeness (QED) is 0.630. The van der Waals surface area contributed by atoms with Crippen molar-refractivity contribution in [1.29, 1.82) is 0 Å². The van der Waals surface area contributed by atoms with Crippen LogP contribution in [0.15, 0.2) is 66.9 Å². The number of benzene rings is 2. The van der Waals surface area contributed by atoms with Gasteiger partial charge in [0, 0.05) is 11.8 Å². The Kier molecular flexibility index (Phi) is 5.80. The van der Waals surface area contributed by atoms with Gasteiger partial charge >= 0.3 is 0 Å². The maximum absolute atomic E-state index is 6.08. The van der Waals surface area contributed by atoms with Gasteiger partial charge in [0.15, 0.2) is 0 Å². The molecule has 0 saturated carbocycles. The molecule has 0 spiro atoms. The molecule has 3 heterocycles. The average Bonchev–Trinajstić information content (AvgIpc) is 3.42. The van der Waals surface area contributed by atoms with Gasteiger partial charge in [-0.25, -0.2) is 9.97 Å². The lowest BCUT2D eigenvalue weighted by atomic mass is 10.1. The second-order valence-electron chi connectivity index (χ2n) is 7.68. The third-order valence-corrected chi connectivity index (χ3v) is 5.67. The van der Waals surface area contributed by atoms with E-state index in [1.54, 1.807) is 13.3 Å². The zero-order valence-electron chi connectivity index (χ0n) is 17.3. The van der Waals surface area contributed by atoms with Crippen molar-refractivity contribution in [1.82, 2.24) is 9.97 Å². The molecule has 2 fully saturated rings. The smallest absolute Gasteiger partial charge is 0.223 e. The summed E-state index contributed by atoms with van der Waals surface area (Å²) in [6.45, 7) is 1.59. The van der Waals surface area contributed by atoms with Crippen LogP contribution in [0.5, 0.6) is 5.75 Å². The number of methoxy groups -OCH3 is 1. The molecule has 7 nitrogen and oxygen atoms in total. The summed E-state index contributed by atoms with van der Waals surface area (Å²) in [5, 5.41) is 3.39. The Balaban J connectivity index is 1.21. The van der Waals surface area contributed by atoms with Crippen LogP contribution in [-0.4, -0.2) is 54.6 Å². The highest BCUT2D eigenvalue weighted by molar-refractivity contribution is 5.61. The monoisotopic (exact) mass is 419 g/mol. The zero-order valence-corrected chi connectivity index (χ0v) is 17.3. The molecule has 0 amide bonds. The Labute approximate surface area is 181 Å². The van der Waals surface area contributed by atoms with Gasteiger partial charge in [0.05, 0.1) is 38.7 Å². The molecule has 0 bridgehead atoms. The first kappa shape index (κ1) is 19.9. The number of anilines is 1. The van der Waals surface area contributed by atoms with Crippen molar-refractivity contribution in [2.24, 2.45) is 0 Å². The fourth-order valence-corrected chi connectivity index (χ4v) is 4.02. The number of hydrogen-bond acceptors (Lipinski definition) is 7. The predicted molar refractivity (Wildman–Crippen MR) is 116 cm³/mol. The maximum Gasteiger partial charge on any atom is 0.223 e. The van der Waals surface area contributed by atoms with Gasteiger partial charge < -0.3 is 24.3 Å². The number of hydrogen-bond donors (Lipinski definition) is 1. The highest BCUT2D eigenvalue weighted by Gasteiger charge is 2.48. The van der Waals surface area contributed by atoms with Gasteiger partial charge in [-0.2, -0.15) is 0 Å². The highest BCUT2D eigenvalue weighted by Crippen LogP contribution is 2.31. The number of nitrogens with zero attached hydrogens (tertiary/aromatic N) is 2. The van der Waals surface area contributed by atoms with E-state index in [0.29, 0.717) is 25.8 Å². The molecule has 1 aromatic heterocycles. The Morgan fingerprint density at radius 1 is 0.968 bits per heavy atom. The topological polar surface area (TPSA) is 74.7 Å². The van der Waals surface area contributed by atoms with E-state index in [2.05, 4.69) is 27.4 Å². The van der Waals surface area contributed by atoms with E-state index in [4.69, 9.17) is 18.9 Å². The summed E-state index contributed by atoms with van der Waals surface area (Å²) in [6.07, 6.45) is 1.49. The van der Waals surface area contributed by atoms with Crippen LogP contribution in [0.2, 0.25) is 0 Å². The van der Waals surface area contributed by atoms with E-state index in [1.807, 2.05) is 48.5 Å². The van der Waals surface area contributed by atoms with Crippen molar-refractivity contribution in [2.45, 2.75) is 31.0 Å². The molecule has 2 aromatic carbocycles. The molecule has 4 atom stereocenters. The molecule has 160 valence electrons. The Bertz CT molecular complexity index is 999. The van der Waals surface area contributed by atoms with Crippen LogP contribution >= 0.6 is 0 Å². The van der Waals surface area contributed by atoms with Crippen molar-refractivity contribution in [3.05, 3.63) is 72.4 Å². The molecular weight excluding hydrogens is 394 g/mol. The van der Waals surface area contributed by atoms with Crippen LogP contribution < -0.4 is 10.1 Å². The minimum Gasteiger partial charge on any atom is -0.497 e. The summed E-state index contributed by atoms with van der Waals surface area (Å²) in [7, 11) is 1.65. The molecule has 2 aliphatic heterocycles. The van der Waals surface area contributed by atoms with Gasteiger partial charge in [0.2, 0.25) is 5.95 Å². The number of aromatic nitrogens is 2. The minimum atomic E-state index is -0.0917. The average molecular weight is 419 g/mol. The second kappa shape index (κ2) is 9.01. The van der Waals surface area contributed by atoms with Gasteiger partial charge in [-0.3, -0.25) is 0 Å². The molecule has 0 radical (unpaired) electrons. The molecule has 31 heavy (non-hydrogen) atoms. The molecule has 0 aliphatic carbocycles. The summed E-state index contributed by atoms with van der Waals surface area (Å²) in [4.78, 5) is 9.05. The van der Waals surface area contributed by atoms with E-state index in [1.165, 1.54) is 0 Å². The Morgan fingerprint density at radius 3 is 2.58 bits per heavy atom. The van der Waals surface area contributed by atoms with Gasteiger partial charge in [-0.1, -0.05) is 30.3 Å². The number of rotatable bonds is 7. The van der Waals surface area contributed by atoms with Gasteiger partial charge in [0.25, 0.3) is 0 Å². The van der Waals surface area contributed by atoms with Crippen molar-refractivity contribution in [3.63, 3.8) is 0 Å². The SMILES string of the molecule is COc1ccc(-c2ccnc(NC3COC4C(OCc5ccccc5)COC34)n2)cc1. The third-order valence-electron chi connectivity index (χ3n) is 5.67. The van der Waals surface area contributed by atoms with Crippen LogP contribution in [-0.2, 0) is 20.8 Å². The van der Waals surface area contributed by atoms with Crippen molar-refractivity contribution < 1.29 is 18.9 Å². The number of nitrogens with one attached hydrogen (secondary N) is 1. The lowest BCUT2D eigenvalue weighted by Crippen LogP contribution is -2.37. The van der Waals surface area contributed by atoms with Gasteiger partial charge in [0.1, 0.15) is 24.1 Å². The summed E-state index contributed by atoms with van der Waals surface area (Å²) in [5.74, 6) is 1.37. The van der Waals surface area contributed by atoms with Crippen LogP contribution in [0.1, 0.15) is 5.56 Å². The highest BCUT2D eigenvalue weighted by atomic mass is 16.6. The van der Waals surface area contributed by atoms with Gasteiger partial charge in [-0.05, 0) is 35.9 Å². The lowest BCUT2D eigenvalue weighted by molar-refractivity contribution is -0.0388. The molecular formula is C24H25N3O4. The van der Waals surface area contributed by atoms with E-state index in [9.17, 15) is 0 Å². The molecule has 2 aliphatic rings. The van der Waals surface area contributed by atoms with E-state index < -0.39 is 0 Å². The maximum atomic E-state index is 6.08. The first-order chi connectivity index (χ1) is 15.3. The Hall–Kier alpha value is -3.00. The second-order valence-corrected chi connectivity index (χ2v) is 7.68. The van der Waals surface area contributed by atoms with Crippen molar-refractivity contribution >= 4 is 5.95 Å². The van der Waals surface area contributed by atoms with Crippen LogP contribution in [0, 0.1) is 0 Å². The van der Waals surface area contributed by atoms with Crippen molar-refractivity contribution in [2.75, 3.05) is 25.6 Å². The normalized spacial score (nSPS) is 24.7. The number of ether oxygens (including phenoxy) is 4. The summed E-state index contributed by atoms with van der Waals surface area (Å²) in [5.41, 5.74) is 2.98. The standard InChI is InChI=1S/C24H25N3O4/c1-28-18-9-7-17(8-10-18)19-11-12-25-24(26-19)27-20-14-30-23-21(15-31-22(20)23)29-13-16-5-3-2-4-6-16/h2-12,20-23H,13-15H2,1H3,(H,25,26,27). The molecule has 7 heteroatoms. The van der Waals surface area contributed by atoms with Crippen LogP contribution in [0.4, 0.5) is 5.95 Å². The van der Waals surface area contributed by atoms with Crippen LogP contribution in [0.25, 0.3) is 11.3 Å². The molecule has 5 rings (SSSR count). The molecule has 4 unspecified atom stereocenters. The first-order valence-corrected chi connectivity index (χ1v) is 10.4. The third kappa shape index (κ3) is 4.39. The summed E-state index contributed by atoms with van der Waals surface area (Å²) < 4.78 is 23.3. The fraction of sp³-hybridized carbons (Fsp3) is 0.333. The fourth-order valence-electron chi connectivity index (χ4n) is 4.02. The predicted octanol–water partition coefficient (Wildman–Crippen LogP) is 3.32. The van der Waals surface area contributed by atoms with E-state index >= 15 is 0 Å². The molecule has 2 saturated heterocycles. The zero-order chi connectivity index (χ0) is 21.0. The van der Waals surface area contributed by atoms with Gasteiger partial charge in [-0.15, -0.1) is 0 Å². The summed E-state index contributed by atoms with van der Waals surface area (Å²) >= 11 is 0. The van der Waals surface area contributed by atoms with Crippen LogP contribution in [0.3, 0.4) is 0 Å².